The summed E-state index contributed by atoms with van der Waals surface area (Å²) in [5.41, 5.74) is 12.3. The number of fused-ring (bicyclic) bond motifs is 5. The molecule has 0 spiro atoms. The van der Waals surface area contributed by atoms with Crippen LogP contribution in [-0.2, 0) is 0 Å². The van der Waals surface area contributed by atoms with Gasteiger partial charge in [-0.05, 0) is 76.9 Å². The van der Waals surface area contributed by atoms with Gasteiger partial charge in [0.1, 0.15) is 11.2 Å². The van der Waals surface area contributed by atoms with E-state index in [0.29, 0.717) is 0 Å². The second-order valence-electron chi connectivity index (χ2n) is 10.1. The van der Waals surface area contributed by atoms with Crippen molar-refractivity contribution < 1.29 is 0 Å². The van der Waals surface area contributed by atoms with Crippen LogP contribution >= 0.6 is 0 Å². The molecule has 8 aromatic rings. The number of pyridine rings is 4. The molecule has 0 radical (unpaired) electrons. The highest BCUT2D eigenvalue weighted by Crippen LogP contribution is 2.37. The van der Waals surface area contributed by atoms with Gasteiger partial charge in [0.2, 0.25) is 0 Å². The molecule has 0 saturated carbocycles. The van der Waals surface area contributed by atoms with Crippen LogP contribution in [0.15, 0.2) is 140 Å². The first-order valence-corrected chi connectivity index (χ1v) is 13.5. The summed E-state index contributed by atoms with van der Waals surface area (Å²) in [6.45, 7) is 0. The zero-order valence-corrected chi connectivity index (χ0v) is 22.0. The van der Waals surface area contributed by atoms with E-state index in [4.69, 9.17) is 9.97 Å². The lowest BCUT2D eigenvalue weighted by Crippen LogP contribution is -1.92. The first-order chi connectivity index (χ1) is 20.3. The highest BCUT2D eigenvalue weighted by molar-refractivity contribution is 6.10. The third kappa shape index (κ3) is 4.03. The molecule has 0 aliphatic heterocycles. The molecule has 41 heavy (non-hydrogen) atoms. The summed E-state index contributed by atoms with van der Waals surface area (Å²) in [4.78, 5) is 19.0. The third-order valence-corrected chi connectivity index (χ3v) is 7.54. The summed E-state index contributed by atoms with van der Waals surface area (Å²) in [7, 11) is 0. The van der Waals surface area contributed by atoms with Gasteiger partial charge in [-0.15, -0.1) is 0 Å². The van der Waals surface area contributed by atoms with E-state index in [1.54, 1.807) is 12.4 Å². The Morgan fingerprint density at radius 2 is 1.15 bits per heavy atom. The number of hydrogen-bond acceptors (Lipinski definition) is 4. The van der Waals surface area contributed by atoms with E-state index >= 15 is 0 Å². The van der Waals surface area contributed by atoms with Crippen LogP contribution in [0.4, 0.5) is 0 Å². The van der Waals surface area contributed by atoms with Crippen molar-refractivity contribution in [2.45, 2.75) is 0 Å². The second-order valence-corrected chi connectivity index (χ2v) is 10.1. The SMILES string of the molecule is c1ccc(-c2nc3ccc(-c4cc(-c5cccnc5)cc(-c5cccnc5)c4)cc3c3nc4ccccn4c23)cc1. The lowest BCUT2D eigenvalue weighted by molar-refractivity contribution is 1.22. The molecule has 0 N–H and O–H groups in total. The average Bonchev–Trinajstić information content (AvgIpc) is 3.45. The van der Waals surface area contributed by atoms with Gasteiger partial charge in [0.05, 0.1) is 16.7 Å². The summed E-state index contributed by atoms with van der Waals surface area (Å²) in [5, 5.41) is 1.02. The van der Waals surface area contributed by atoms with Crippen molar-refractivity contribution >= 4 is 27.6 Å². The molecule has 192 valence electrons. The van der Waals surface area contributed by atoms with E-state index in [1.165, 1.54) is 0 Å². The van der Waals surface area contributed by atoms with Crippen LogP contribution in [0.1, 0.15) is 0 Å². The minimum atomic E-state index is 0.900. The zero-order chi connectivity index (χ0) is 27.2. The maximum Gasteiger partial charge on any atom is 0.137 e. The van der Waals surface area contributed by atoms with E-state index in [-0.39, 0.29) is 0 Å². The molecule has 0 bridgehead atoms. The van der Waals surface area contributed by atoms with E-state index in [0.717, 1.165) is 72.2 Å². The van der Waals surface area contributed by atoms with Crippen LogP contribution < -0.4 is 0 Å². The normalized spacial score (nSPS) is 11.4. The quantitative estimate of drug-likeness (QED) is 0.231. The minimum Gasteiger partial charge on any atom is -0.298 e. The van der Waals surface area contributed by atoms with Crippen molar-refractivity contribution in [1.82, 2.24) is 24.3 Å². The van der Waals surface area contributed by atoms with Gasteiger partial charge < -0.3 is 0 Å². The number of aromatic nitrogens is 5. The van der Waals surface area contributed by atoms with Gasteiger partial charge in [-0.2, -0.15) is 0 Å². The predicted molar refractivity (Wildman–Crippen MR) is 165 cm³/mol. The van der Waals surface area contributed by atoms with Gasteiger partial charge in [-0.1, -0.05) is 54.6 Å². The molecule has 0 aliphatic rings. The highest BCUT2D eigenvalue weighted by Gasteiger charge is 2.17. The topological polar surface area (TPSA) is 56.0 Å². The fourth-order valence-electron chi connectivity index (χ4n) is 5.58. The van der Waals surface area contributed by atoms with Crippen LogP contribution in [0.3, 0.4) is 0 Å². The number of hydrogen-bond donors (Lipinski definition) is 0. The molecule has 0 atom stereocenters. The molecule has 0 saturated heterocycles. The number of nitrogens with zero attached hydrogens (tertiary/aromatic N) is 5. The number of benzene rings is 3. The maximum absolute atomic E-state index is 5.18. The predicted octanol–water partition coefficient (Wildman–Crippen LogP) is 8.49. The molecular formula is C36H23N5. The standard InChI is InChI=1S/C36H23N5/c1-2-8-24(9-3-1)34-36-35(40-33-12-4-5-17-41(33)36)31-21-25(13-14-32(31)39-34)28-18-29(26-10-6-15-37-22-26)20-30(19-28)27-11-7-16-38-23-27/h1-23H. The van der Waals surface area contributed by atoms with Crippen LogP contribution in [0, 0.1) is 0 Å². The summed E-state index contributed by atoms with van der Waals surface area (Å²) in [6.07, 6.45) is 9.47. The van der Waals surface area contributed by atoms with Gasteiger partial charge in [0.15, 0.2) is 0 Å². The fraction of sp³-hybridized carbons (Fsp3) is 0. The molecule has 0 unspecified atom stereocenters. The summed E-state index contributed by atoms with van der Waals surface area (Å²) in [6, 6.07) is 37.7. The molecule has 0 aliphatic carbocycles. The molecular weight excluding hydrogens is 502 g/mol. The maximum atomic E-state index is 5.18. The van der Waals surface area contributed by atoms with Gasteiger partial charge in [-0.3, -0.25) is 14.4 Å². The average molecular weight is 526 g/mol. The number of rotatable bonds is 4. The summed E-state index contributed by atoms with van der Waals surface area (Å²) < 4.78 is 2.14. The van der Waals surface area contributed by atoms with Crippen molar-refractivity contribution in [3.8, 4) is 44.6 Å². The molecule has 5 heteroatoms. The summed E-state index contributed by atoms with van der Waals surface area (Å²) in [5.74, 6) is 0. The summed E-state index contributed by atoms with van der Waals surface area (Å²) >= 11 is 0. The van der Waals surface area contributed by atoms with Crippen LogP contribution in [0.25, 0.3) is 72.2 Å². The van der Waals surface area contributed by atoms with Crippen LogP contribution in [0.5, 0.6) is 0 Å². The second kappa shape index (κ2) is 9.50. The Morgan fingerprint density at radius 1 is 0.488 bits per heavy atom. The van der Waals surface area contributed by atoms with Crippen molar-refractivity contribution in [1.29, 1.82) is 0 Å². The highest BCUT2D eigenvalue weighted by atomic mass is 15.0. The monoisotopic (exact) mass is 525 g/mol. The van der Waals surface area contributed by atoms with Gasteiger partial charge in [0, 0.05) is 53.1 Å². The minimum absolute atomic E-state index is 0.900. The lowest BCUT2D eigenvalue weighted by atomic mass is 9.93. The molecule has 5 nitrogen and oxygen atoms in total. The first-order valence-electron chi connectivity index (χ1n) is 13.5. The van der Waals surface area contributed by atoms with Gasteiger partial charge in [-0.25, -0.2) is 9.97 Å². The Balaban J connectivity index is 1.39. The molecule has 0 amide bonds. The largest absolute Gasteiger partial charge is 0.298 e. The molecule has 5 aromatic heterocycles. The Kier molecular flexibility index (Phi) is 5.38. The first kappa shape index (κ1) is 23.2. The van der Waals surface area contributed by atoms with Crippen molar-refractivity contribution in [3.63, 3.8) is 0 Å². The fourth-order valence-corrected chi connectivity index (χ4v) is 5.58. The van der Waals surface area contributed by atoms with E-state index in [1.807, 2.05) is 48.8 Å². The Labute approximate surface area is 236 Å². The third-order valence-electron chi connectivity index (χ3n) is 7.54. The van der Waals surface area contributed by atoms with Crippen molar-refractivity contribution in [3.05, 3.63) is 140 Å². The van der Waals surface area contributed by atoms with Crippen molar-refractivity contribution in [2.24, 2.45) is 0 Å². The number of imidazole rings is 1. The van der Waals surface area contributed by atoms with E-state index < -0.39 is 0 Å². The lowest BCUT2D eigenvalue weighted by Gasteiger charge is -2.12. The van der Waals surface area contributed by atoms with Crippen molar-refractivity contribution in [2.75, 3.05) is 0 Å². The molecule has 0 fully saturated rings. The van der Waals surface area contributed by atoms with E-state index in [2.05, 4.69) is 93.4 Å². The Morgan fingerprint density at radius 3 is 1.83 bits per heavy atom. The Bertz CT molecular complexity index is 2130. The zero-order valence-electron chi connectivity index (χ0n) is 22.0. The van der Waals surface area contributed by atoms with Crippen LogP contribution in [-0.4, -0.2) is 24.3 Å². The smallest absolute Gasteiger partial charge is 0.137 e. The molecule has 8 rings (SSSR count). The Hall–Kier alpha value is -5.68. The van der Waals surface area contributed by atoms with Crippen LogP contribution in [0.2, 0.25) is 0 Å². The van der Waals surface area contributed by atoms with E-state index in [9.17, 15) is 0 Å². The van der Waals surface area contributed by atoms with Gasteiger partial charge >= 0.3 is 0 Å². The molecule has 5 heterocycles. The van der Waals surface area contributed by atoms with Gasteiger partial charge in [0.25, 0.3) is 0 Å². The molecule has 3 aromatic carbocycles.